The van der Waals surface area contributed by atoms with Gasteiger partial charge in [0, 0.05) is 11.6 Å². The Morgan fingerprint density at radius 3 is 2.32 bits per heavy atom. The van der Waals surface area contributed by atoms with Gasteiger partial charge in [-0.05, 0) is 49.9 Å². The highest BCUT2D eigenvalue weighted by molar-refractivity contribution is 5.33. The Kier molecular flexibility index (Phi) is 4.01. The molecular weight excluding hydrogens is 237 g/mol. The van der Waals surface area contributed by atoms with E-state index in [1.165, 1.54) is 22.8 Å². The van der Waals surface area contributed by atoms with Gasteiger partial charge in [0.1, 0.15) is 5.82 Å². The van der Waals surface area contributed by atoms with E-state index in [4.69, 9.17) is 5.73 Å². The summed E-state index contributed by atoms with van der Waals surface area (Å²) in [7, 11) is 0. The standard InChI is InChI=1S/C17H20FN/c1-11-4-6-13(3)14(8-11)10-17(19)15-7-5-12(2)9-16(15)18/h4-9,17H,10,19H2,1-3H3. The second-order valence-corrected chi connectivity index (χ2v) is 5.27. The third-order valence-corrected chi connectivity index (χ3v) is 3.50. The lowest BCUT2D eigenvalue weighted by Crippen LogP contribution is -2.15. The largest absolute Gasteiger partial charge is 0.324 e. The van der Waals surface area contributed by atoms with Gasteiger partial charge in [-0.2, -0.15) is 0 Å². The Hall–Kier alpha value is -1.67. The van der Waals surface area contributed by atoms with E-state index in [-0.39, 0.29) is 11.9 Å². The van der Waals surface area contributed by atoms with Gasteiger partial charge in [0.15, 0.2) is 0 Å². The van der Waals surface area contributed by atoms with Gasteiger partial charge in [0.2, 0.25) is 0 Å². The number of rotatable bonds is 3. The lowest BCUT2D eigenvalue weighted by molar-refractivity contribution is 0.579. The van der Waals surface area contributed by atoms with E-state index in [9.17, 15) is 4.39 Å². The molecule has 0 radical (unpaired) electrons. The Labute approximate surface area is 114 Å². The topological polar surface area (TPSA) is 26.0 Å². The number of nitrogens with two attached hydrogens (primary N) is 1. The third kappa shape index (κ3) is 3.21. The van der Waals surface area contributed by atoms with Crippen LogP contribution in [0.15, 0.2) is 36.4 Å². The predicted octanol–water partition coefficient (Wildman–Crippen LogP) is 3.99. The number of aryl methyl sites for hydroxylation is 3. The fourth-order valence-corrected chi connectivity index (χ4v) is 2.30. The summed E-state index contributed by atoms with van der Waals surface area (Å²) in [6.07, 6.45) is 0.660. The first-order valence-corrected chi connectivity index (χ1v) is 6.55. The smallest absolute Gasteiger partial charge is 0.128 e. The van der Waals surface area contributed by atoms with Crippen LogP contribution in [0.2, 0.25) is 0 Å². The summed E-state index contributed by atoms with van der Waals surface area (Å²) in [4.78, 5) is 0. The van der Waals surface area contributed by atoms with Crippen molar-refractivity contribution >= 4 is 0 Å². The van der Waals surface area contributed by atoms with Crippen LogP contribution in [-0.2, 0) is 6.42 Å². The molecule has 0 saturated heterocycles. The van der Waals surface area contributed by atoms with Gasteiger partial charge in [-0.3, -0.25) is 0 Å². The maximum atomic E-state index is 13.9. The second kappa shape index (κ2) is 5.54. The van der Waals surface area contributed by atoms with Crippen LogP contribution in [0.4, 0.5) is 4.39 Å². The van der Waals surface area contributed by atoms with Crippen molar-refractivity contribution in [1.29, 1.82) is 0 Å². The number of benzene rings is 2. The van der Waals surface area contributed by atoms with Gasteiger partial charge in [-0.15, -0.1) is 0 Å². The van der Waals surface area contributed by atoms with Crippen LogP contribution in [-0.4, -0.2) is 0 Å². The molecule has 2 rings (SSSR count). The summed E-state index contributed by atoms with van der Waals surface area (Å²) < 4.78 is 13.9. The Balaban J connectivity index is 2.25. The molecule has 0 aliphatic carbocycles. The molecular formula is C17H20FN. The van der Waals surface area contributed by atoms with Gasteiger partial charge in [-0.25, -0.2) is 4.39 Å². The molecule has 0 saturated carbocycles. The van der Waals surface area contributed by atoms with Gasteiger partial charge >= 0.3 is 0 Å². The predicted molar refractivity (Wildman–Crippen MR) is 77.7 cm³/mol. The van der Waals surface area contributed by atoms with Gasteiger partial charge in [-0.1, -0.05) is 35.9 Å². The quantitative estimate of drug-likeness (QED) is 0.884. The molecule has 0 aliphatic heterocycles. The van der Waals surface area contributed by atoms with Crippen LogP contribution in [0.25, 0.3) is 0 Å². The molecule has 0 aromatic heterocycles. The molecule has 19 heavy (non-hydrogen) atoms. The van der Waals surface area contributed by atoms with Crippen molar-refractivity contribution in [2.75, 3.05) is 0 Å². The number of halogens is 1. The molecule has 2 aromatic carbocycles. The monoisotopic (exact) mass is 257 g/mol. The number of hydrogen-bond acceptors (Lipinski definition) is 1. The molecule has 0 bridgehead atoms. The maximum Gasteiger partial charge on any atom is 0.128 e. The summed E-state index contributed by atoms with van der Waals surface area (Å²) in [5.74, 6) is -0.210. The van der Waals surface area contributed by atoms with E-state index in [0.29, 0.717) is 12.0 Å². The minimum atomic E-state index is -0.305. The maximum absolute atomic E-state index is 13.9. The highest BCUT2D eigenvalue weighted by atomic mass is 19.1. The van der Waals surface area contributed by atoms with Crippen molar-refractivity contribution in [3.8, 4) is 0 Å². The first kappa shape index (κ1) is 13.8. The molecule has 100 valence electrons. The highest BCUT2D eigenvalue weighted by Crippen LogP contribution is 2.22. The molecule has 0 fully saturated rings. The van der Waals surface area contributed by atoms with Crippen LogP contribution in [0.1, 0.15) is 33.9 Å². The van der Waals surface area contributed by atoms with Crippen molar-refractivity contribution < 1.29 is 4.39 Å². The Morgan fingerprint density at radius 1 is 1.00 bits per heavy atom. The van der Waals surface area contributed by atoms with Crippen molar-refractivity contribution in [3.05, 3.63) is 70.0 Å². The molecule has 0 amide bonds. The van der Waals surface area contributed by atoms with Crippen molar-refractivity contribution in [1.82, 2.24) is 0 Å². The lowest BCUT2D eigenvalue weighted by Gasteiger charge is -2.15. The molecule has 1 nitrogen and oxygen atoms in total. The van der Waals surface area contributed by atoms with E-state index in [1.807, 2.05) is 13.0 Å². The molecule has 2 N–H and O–H groups in total. The summed E-state index contributed by atoms with van der Waals surface area (Å²) >= 11 is 0. The van der Waals surface area contributed by atoms with E-state index in [2.05, 4.69) is 32.0 Å². The van der Waals surface area contributed by atoms with Crippen molar-refractivity contribution in [2.24, 2.45) is 5.73 Å². The highest BCUT2D eigenvalue weighted by Gasteiger charge is 2.13. The normalized spacial score (nSPS) is 12.5. The molecule has 2 aromatic rings. The SMILES string of the molecule is Cc1ccc(C(N)Cc2cc(C)ccc2C)c(F)c1. The first-order valence-electron chi connectivity index (χ1n) is 6.55. The Morgan fingerprint density at radius 2 is 1.63 bits per heavy atom. The van der Waals surface area contributed by atoms with Crippen LogP contribution in [0.3, 0.4) is 0 Å². The van der Waals surface area contributed by atoms with E-state index >= 15 is 0 Å². The van der Waals surface area contributed by atoms with Crippen molar-refractivity contribution in [3.63, 3.8) is 0 Å². The number of hydrogen-bond donors (Lipinski definition) is 1. The fourth-order valence-electron chi connectivity index (χ4n) is 2.30. The average Bonchev–Trinajstić information content (AvgIpc) is 2.33. The third-order valence-electron chi connectivity index (χ3n) is 3.50. The summed E-state index contributed by atoms with van der Waals surface area (Å²) in [5.41, 5.74) is 11.3. The summed E-state index contributed by atoms with van der Waals surface area (Å²) in [5, 5.41) is 0. The molecule has 2 heteroatoms. The first-order chi connectivity index (χ1) is 8.97. The van der Waals surface area contributed by atoms with E-state index in [0.717, 1.165) is 5.56 Å². The van der Waals surface area contributed by atoms with Crippen molar-refractivity contribution in [2.45, 2.75) is 33.2 Å². The molecule has 0 spiro atoms. The molecule has 1 unspecified atom stereocenters. The average molecular weight is 257 g/mol. The van der Waals surface area contributed by atoms with E-state index in [1.54, 1.807) is 6.07 Å². The zero-order valence-corrected chi connectivity index (χ0v) is 11.7. The fraction of sp³-hybridized carbons (Fsp3) is 0.294. The molecule has 0 heterocycles. The van der Waals surface area contributed by atoms with Gasteiger partial charge in [0.05, 0.1) is 0 Å². The van der Waals surface area contributed by atoms with Crippen LogP contribution >= 0.6 is 0 Å². The second-order valence-electron chi connectivity index (χ2n) is 5.27. The van der Waals surface area contributed by atoms with Crippen LogP contribution in [0, 0.1) is 26.6 Å². The molecule has 1 atom stereocenters. The summed E-state index contributed by atoms with van der Waals surface area (Å²) in [6.45, 7) is 6.00. The molecule has 0 aliphatic rings. The lowest BCUT2D eigenvalue weighted by atomic mass is 9.95. The zero-order chi connectivity index (χ0) is 14.0. The van der Waals surface area contributed by atoms with Gasteiger partial charge < -0.3 is 5.73 Å². The Bertz CT molecular complexity index is 590. The van der Waals surface area contributed by atoms with Gasteiger partial charge in [0.25, 0.3) is 0 Å². The zero-order valence-electron chi connectivity index (χ0n) is 11.7. The minimum Gasteiger partial charge on any atom is -0.324 e. The van der Waals surface area contributed by atoms with E-state index < -0.39 is 0 Å². The van der Waals surface area contributed by atoms with Crippen LogP contribution < -0.4 is 5.73 Å². The summed E-state index contributed by atoms with van der Waals surface area (Å²) in [6, 6.07) is 11.2. The minimum absolute atomic E-state index is 0.210. The van der Waals surface area contributed by atoms with Crippen LogP contribution in [0.5, 0.6) is 0 Å².